The lowest BCUT2D eigenvalue weighted by Gasteiger charge is -2.12. The number of ether oxygens (including phenoxy) is 2. The molecule has 4 heteroatoms. The predicted octanol–water partition coefficient (Wildman–Crippen LogP) is 4.93. The zero-order valence-corrected chi connectivity index (χ0v) is 15.9. The van der Waals surface area contributed by atoms with Crippen molar-refractivity contribution in [3.05, 3.63) is 95.1 Å². The number of benzene rings is 3. The first-order valence-electron chi connectivity index (χ1n) is 9.31. The topological polar surface area (TPSA) is 55.8 Å². The minimum Gasteiger partial charge on any atom is -0.508 e. The lowest BCUT2D eigenvalue weighted by Crippen LogP contribution is -2.01. The Bertz CT molecular complexity index is 902. The van der Waals surface area contributed by atoms with Crippen molar-refractivity contribution in [1.29, 1.82) is 0 Å². The van der Waals surface area contributed by atoms with E-state index in [0.717, 1.165) is 41.7 Å². The Kier molecular flexibility index (Phi) is 6.68. The van der Waals surface area contributed by atoms with Gasteiger partial charge in [0.05, 0.1) is 12.7 Å². The molecule has 0 fully saturated rings. The second kappa shape index (κ2) is 9.60. The number of phenols is 1. The van der Waals surface area contributed by atoms with Gasteiger partial charge in [0.15, 0.2) is 0 Å². The van der Waals surface area contributed by atoms with Crippen LogP contribution < -0.4 is 4.74 Å². The summed E-state index contributed by atoms with van der Waals surface area (Å²) in [6.07, 6.45) is 2.56. The van der Waals surface area contributed by atoms with Crippen molar-refractivity contribution < 1.29 is 19.4 Å². The fourth-order valence-electron chi connectivity index (χ4n) is 3.05. The summed E-state index contributed by atoms with van der Waals surface area (Å²) in [5.74, 6) is 0.707. The van der Waals surface area contributed by atoms with Crippen molar-refractivity contribution >= 4 is 5.97 Å². The summed E-state index contributed by atoms with van der Waals surface area (Å²) in [5, 5.41) is 9.85. The summed E-state index contributed by atoms with van der Waals surface area (Å²) in [7, 11) is 1.38. The van der Waals surface area contributed by atoms with Crippen molar-refractivity contribution in [2.75, 3.05) is 7.11 Å². The molecule has 0 radical (unpaired) electrons. The molecule has 0 aliphatic rings. The number of aryl methyl sites for hydroxylation is 2. The monoisotopic (exact) mass is 376 g/mol. The molecule has 0 atom stereocenters. The Balaban J connectivity index is 1.59. The van der Waals surface area contributed by atoms with Crippen LogP contribution in [0, 0.1) is 0 Å². The molecule has 3 aromatic rings. The lowest BCUT2D eigenvalue weighted by molar-refractivity contribution is 0.0600. The summed E-state index contributed by atoms with van der Waals surface area (Å²) in [4.78, 5) is 11.5. The molecule has 0 bridgehead atoms. The van der Waals surface area contributed by atoms with Gasteiger partial charge in [0.25, 0.3) is 0 Å². The van der Waals surface area contributed by atoms with Gasteiger partial charge >= 0.3 is 5.97 Å². The summed E-state index contributed by atoms with van der Waals surface area (Å²) in [6.45, 7) is 0.494. The van der Waals surface area contributed by atoms with Gasteiger partial charge in [-0.25, -0.2) is 4.79 Å². The molecule has 3 aromatic carbocycles. The Labute approximate surface area is 165 Å². The van der Waals surface area contributed by atoms with Crippen LogP contribution in [0.5, 0.6) is 11.5 Å². The average Bonchev–Trinajstić information content (AvgIpc) is 2.74. The molecular weight excluding hydrogens is 352 g/mol. The highest BCUT2D eigenvalue weighted by atomic mass is 16.5. The van der Waals surface area contributed by atoms with Gasteiger partial charge in [-0.2, -0.15) is 0 Å². The number of methoxy groups -OCH3 is 1. The van der Waals surface area contributed by atoms with Crippen LogP contribution in [0.15, 0.2) is 72.8 Å². The molecule has 0 heterocycles. The van der Waals surface area contributed by atoms with E-state index in [2.05, 4.69) is 0 Å². The molecule has 0 saturated heterocycles. The minimum absolute atomic E-state index is 0.240. The van der Waals surface area contributed by atoms with Crippen LogP contribution >= 0.6 is 0 Å². The molecule has 0 saturated carbocycles. The molecule has 0 unspecified atom stereocenters. The van der Waals surface area contributed by atoms with Gasteiger partial charge < -0.3 is 14.6 Å². The van der Waals surface area contributed by atoms with Crippen LogP contribution in [0.1, 0.15) is 33.5 Å². The molecule has 4 nitrogen and oxygen atoms in total. The fraction of sp³-hybridized carbons (Fsp3) is 0.208. The van der Waals surface area contributed by atoms with Crippen molar-refractivity contribution in [1.82, 2.24) is 0 Å². The highest BCUT2D eigenvalue weighted by Gasteiger charge is 2.08. The second-order valence-electron chi connectivity index (χ2n) is 6.61. The van der Waals surface area contributed by atoms with Gasteiger partial charge in [-0.05, 0) is 66.3 Å². The predicted molar refractivity (Wildman–Crippen MR) is 109 cm³/mol. The molecule has 0 aliphatic carbocycles. The van der Waals surface area contributed by atoms with Crippen LogP contribution in [-0.2, 0) is 24.2 Å². The summed E-state index contributed by atoms with van der Waals surface area (Å²) in [5.41, 5.74) is 3.80. The molecule has 28 heavy (non-hydrogen) atoms. The van der Waals surface area contributed by atoms with E-state index in [0.29, 0.717) is 12.2 Å². The number of hydrogen-bond acceptors (Lipinski definition) is 4. The maximum Gasteiger partial charge on any atom is 0.337 e. The Morgan fingerprint density at radius 2 is 1.64 bits per heavy atom. The number of carbonyl (C=O) groups excluding carboxylic acids is 1. The fourth-order valence-corrected chi connectivity index (χ4v) is 3.05. The van der Waals surface area contributed by atoms with E-state index in [9.17, 15) is 9.90 Å². The van der Waals surface area contributed by atoms with E-state index >= 15 is 0 Å². The van der Waals surface area contributed by atoms with E-state index < -0.39 is 0 Å². The van der Waals surface area contributed by atoms with E-state index in [-0.39, 0.29) is 11.7 Å². The highest BCUT2D eigenvalue weighted by Crippen LogP contribution is 2.26. The Hall–Kier alpha value is -3.27. The first-order valence-corrected chi connectivity index (χ1v) is 9.31. The van der Waals surface area contributed by atoms with Crippen LogP contribution in [0.4, 0.5) is 0 Å². The number of rotatable bonds is 8. The molecule has 3 rings (SSSR count). The van der Waals surface area contributed by atoms with Gasteiger partial charge in [0, 0.05) is 0 Å². The van der Waals surface area contributed by atoms with Crippen LogP contribution in [0.25, 0.3) is 0 Å². The van der Waals surface area contributed by atoms with Crippen molar-refractivity contribution in [2.45, 2.75) is 25.9 Å². The number of esters is 1. The standard InChI is InChI=1S/C24H24O4/c1-27-24(26)20-12-10-18(11-13-20)8-5-9-21-16-22(25)14-15-23(21)28-17-19-6-3-2-4-7-19/h2-4,6-7,10-16,25H,5,8-9,17H2,1H3. The minimum atomic E-state index is -0.327. The largest absolute Gasteiger partial charge is 0.508 e. The van der Waals surface area contributed by atoms with Gasteiger partial charge in [-0.3, -0.25) is 0 Å². The maximum absolute atomic E-state index is 11.5. The number of hydrogen-bond donors (Lipinski definition) is 1. The molecule has 0 amide bonds. The molecule has 0 spiro atoms. The molecule has 0 aromatic heterocycles. The lowest BCUT2D eigenvalue weighted by atomic mass is 10.0. The molecule has 1 N–H and O–H groups in total. The molecular formula is C24H24O4. The third-order valence-corrected chi connectivity index (χ3v) is 4.57. The van der Waals surface area contributed by atoms with Crippen molar-refractivity contribution in [3.8, 4) is 11.5 Å². The van der Waals surface area contributed by atoms with Crippen LogP contribution in [0.2, 0.25) is 0 Å². The van der Waals surface area contributed by atoms with Gasteiger partial charge in [0.1, 0.15) is 18.1 Å². The van der Waals surface area contributed by atoms with Crippen LogP contribution in [-0.4, -0.2) is 18.2 Å². The zero-order valence-electron chi connectivity index (χ0n) is 15.9. The number of carbonyl (C=O) groups is 1. The average molecular weight is 376 g/mol. The van der Waals surface area contributed by atoms with Crippen LogP contribution in [0.3, 0.4) is 0 Å². The summed E-state index contributed by atoms with van der Waals surface area (Å²) >= 11 is 0. The second-order valence-corrected chi connectivity index (χ2v) is 6.61. The van der Waals surface area contributed by atoms with Gasteiger partial charge in [0.2, 0.25) is 0 Å². The maximum atomic E-state index is 11.5. The van der Waals surface area contributed by atoms with Crippen molar-refractivity contribution in [3.63, 3.8) is 0 Å². The summed E-state index contributed by atoms with van der Waals surface area (Å²) < 4.78 is 10.7. The SMILES string of the molecule is COC(=O)c1ccc(CCCc2cc(O)ccc2OCc2ccccc2)cc1. The van der Waals surface area contributed by atoms with E-state index in [1.807, 2.05) is 48.5 Å². The number of phenolic OH excluding ortho intramolecular Hbond substituents is 1. The number of aromatic hydroxyl groups is 1. The summed E-state index contributed by atoms with van der Waals surface area (Å²) in [6, 6.07) is 22.7. The first kappa shape index (κ1) is 19.5. The molecule has 0 aliphatic heterocycles. The third kappa shape index (κ3) is 5.36. The highest BCUT2D eigenvalue weighted by molar-refractivity contribution is 5.89. The Morgan fingerprint density at radius 1 is 0.893 bits per heavy atom. The van der Waals surface area contributed by atoms with E-state index in [1.165, 1.54) is 7.11 Å². The smallest absolute Gasteiger partial charge is 0.337 e. The first-order chi connectivity index (χ1) is 13.7. The Morgan fingerprint density at radius 3 is 2.36 bits per heavy atom. The zero-order chi connectivity index (χ0) is 19.8. The van der Waals surface area contributed by atoms with Gasteiger partial charge in [-0.1, -0.05) is 42.5 Å². The normalized spacial score (nSPS) is 10.5. The van der Waals surface area contributed by atoms with E-state index in [1.54, 1.807) is 24.3 Å². The van der Waals surface area contributed by atoms with E-state index in [4.69, 9.17) is 9.47 Å². The molecule has 144 valence electrons. The quantitative estimate of drug-likeness (QED) is 0.566. The third-order valence-electron chi connectivity index (χ3n) is 4.57. The van der Waals surface area contributed by atoms with Crippen molar-refractivity contribution in [2.24, 2.45) is 0 Å². The van der Waals surface area contributed by atoms with Gasteiger partial charge in [-0.15, -0.1) is 0 Å².